The molecule has 2 rings (SSSR count). The maximum Gasteiger partial charge on any atom is 0.0330 e. The van der Waals surface area contributed by atoms with E-state index in [-0.39, 0.29) is 0 Å². The second kappa shape index (κ2) is 5.30. The zero-order valence-electron chi connectivity index (χ0n) is 10.5. The Bertz CT molecular complexity index is 344. The summed E-state index contributed by atoms with van der Waals surface area (Å²) in [7, 11) is 0. The third-order valence-electron chi connectivity index (χ3n) is 3.26. The van der Waals surface area contributed by atoms with Crippen molar-refractivity contribution in [2.24, 2.45) is 0 Å². The molecule has 0 saturated carbocycles. The quantitative estimate of drug-likeness (QED) is 0.867. The van der Waals surface area contributed by atoms with Gasteiger partial charge in [-0.2, -0.15) is 0 Å². The molecule has 0 unspecified atom stereocenters. The standard InChI is InChI=1S/C13H22N2S/c1-4-15-6-5-12-11(7-14-10(2)3)9-16-13(12)8-15/h9-10,14H,4-8H2,1-3H3. The Morgan fingerprint density at radius 3 is 3.00 bits per heavy atom. The van der Waals surface area contributed by atoms with Crippen LogP contribution in [0.15, 0.2) is 5.38 Å². The average molecular weight is 238 g/mol. The van der Waals surface area contributed by atoms with Gasteiger partial charge < -0.3 is 5.32 Å². The van der Waals surface area contributed by atoms with Crippen LogP contribution in [0.1, 0.15) is 36.8 Å². The van der Waals surface area contributed by atoms with E-state index < -0.39 is 0 Å². The Kier molecular flexibility index (Phi) is 4.00. The number of hydrogen-bond donors (Lipinski definition) is 1. The Balaban J connectivity index is 2.04. The number of nitrogens with one attached hydrogen (secondary N) is 1. The van der Waals surface area contributed by atoms with Gasteiger partial charge in [-0.05, 0) is 29.5 Å². The molecule has 0 fully saturated rings. The van der Waals surface area contributed by atoms with Crippen molar-refractivity contribution in [3.8, 4) is 0 Å². The smallest absolute Gasteiger partial charge is 0.0330 e. The molecule has 0 amide bonds. The maximum atomic E-state index is 3.52. The van der Waals surface area contributed by atoms with Crippen molar-refractivity contribution in [3.05, 3.63) is 21.4 Å². The minimum Gasteiger partial charge on any atom is -0.310 e. The van der Waals surface area contributed by atoms with Crippen LogP contribution in [0.4, 0.5) is 0 Å². The molecule has 1 N–H and O–H groups in total. The minimum absolute atomic E-state index is 0.575. The molecule has 2 nitrogen and oxygen atoms in total. The van der Waals surface area contributed by atoms with Gasteiger partial charge in [0, 0.05) is 30.6 Å². The SMILES string of the molecule is CCN1CCc2c(CNC(C)C)csc2C1. The van der Waals surface area contributed by atoms with E-state index >= 15 is 0 Å². The maximum absolute atomic E-state index is 3.52. The first-order valence-electron chi connectivity index (χ1n) is 6.24. The van der Waals surface area contributed by atoms with Crippen molar-refractivity contribution in [3.63, 3.8) is 0 Å². The molecule has 1 aromatic heterocycles. The molecule has 16 heavy (non-hydrogen) atoms. The van der Waals surface area contributed by atoms with Gasteiger partial charge in [0.15, 0.2) is 0 Å². The summed E-state index contributed by atoms with van der Waals surface area (Å²) in [6.07, 6.45) is 1.24. The van der Waals surface area contributed by atoms with E-state index in [2.05, 4.69) is 36.4 Å². The Morgan fingerprint density at radius 2 is 2.31 bits per heavy atom. The second-order valence-corrected chi connectivity index (χ2v) is 5.78. The number of thiophene rings is 1. The topological polar surface area (TPSA) is 15.3 Å². The van der Waals surface area contributed by atoms with Crippen molar-refractivity contribution >= 4 is 11.3 Å². The summed E-state index contributed by atoms with van der Waals surface area (Å²) >= 11 is 1.94. The molecule has 1 aromatic rings. The lowest BCUT2D eigenvalue weighted by Crippen LogP contribution is -2.30. The molecule has 0 aromatic carbocycles. The third-order valence-corrected chi connectivity index (χ3v) is 4.32. The summed E-state index contributed by atoms with van der Waals surface area (Å²) in [6.45, 7) is 11.3. The van der Waals surface area contributed by atoms with Gasteiger partial charge in [-0.1, -0.05) is 20.8 Å². The Labute approximate surface area is 103 Å². The summed E-state index contributed by atoms with van der Waals surface area (Å²) in [4.78, 5) is 4.12. The normalized spacial score (nSPS) is 16.8. The van der Waals surface area contributed by atoms with Crippen LogP contribution >= 0.6 is 11.3 Å². The van der Waals surface area contributed by atoms with Gasteiger partial charge in [-0.3, -0.25) is 4.90 Å². The number of likely N-dealkylation sites (N-methyl/N-ethyl adjacent to an activating group) is 1. The molecule has 0 atom stereocenters. The Hall–Kier alpha value is -0.380. The fourth-order valence-electron chi connectivity index (χ4n) is 2.18. The molecular formula is C13H22N2S. The van der Waals surface area contributed by atoms with Crippen molar-refractivity contribution in [1.29, 1.82) is 0 Å². The van der Waals surface area contributed by atoms with E-state index in [0.29, 0.717) is 6.04 Å². The van der Waals surface area contributed by atoms with E-state index in [9.17, 15) is 0 Å². The Morgan fingerprint density at radius 1 is 1.50 bits per heavy atom. The number of nitrogens with zero attached hydrogens (tertiary/aromatic N) is 1. The first kappa shape index (κ1) is 12.1. The van der Waals surface area contributed by atoms with Gasteiger partial charge in [0.25, 0.3) is 0 Å². The lowest BCUT2D eigenvalue weighted by Gasteiger charge is -2.26. The summed E-state index contributed by atoms with van der Waals surface area (Å²) < 4.78 is 0. The van der Waals surface area contributed by atoms with Crippen LogP contribution in [0.3, 0.4) is 0 Å². The fraction of sp³-hybridized carbons (Fsp3) is 0.692. The van der Waals surface area contributed by atoms with Crippen LogP contribution in [-0.4, -0.2) is 24.0 Å². The highest BCUT2D eigenvalue weighted by Gasteiger charge is 2.19. The summed E-state index contributed by atoms with van der Waals surface area (Å²) in [5.74, 6) is 0. The lowest BCUT2D eigenvalue weighted by molar-refractivity contribution is 0.271. The first-order chi connectivity index (χ1) is 7.70. The second-order valence-electron chi connectivity index (χ2n) is 4.82. The highest BCUT2D eigenvalue weighted by molar-refractivity contribution is 7.10. The van der Waals surface area contributed by atoms with Crippen LogP contribution in [0.2, 0.25) is 0 Å². The molecule has 0 spiro atoms. The molecule has 1 aliphatic rings. The van der Waals surface area contributed by atoms with Crippen LogP contribution in [-0.2, 0) is 19.5 Å². The van der Waals surface area contributed by atoms with Gasteiger partial charge in [-0.25, -0.2) is 0 Å². The van der Waals surface area contributed by atoms with Crippen molar-refractivity contribution in [1.82, 2.24) is 10.2 Å². The molecule has 0 radical (unpaired) electrons. The average Bonchev–Trinajstić information content (AvgIpc) is 2.68. The third kappa shape index (κ3) is 2.65. The molecule has 0 aliphatic carbocycles. The molecule has 0 saturated heterocycles. The van der Waals surface area contributed by atoms with Gasteiger partial charge in [0.1, 0.15) is 0 Å². The monoisotopic (exact) mass is 238 g/mol. The van der Waals surface area contributed by atoms with Crippen LogP contribution < -0.4 is 5.32 Å². The lowest BCUT2D eigenvalue weighted by atomic mass is 10.0. The van der Waals surface area contributed by atoms with Gasteiger partial charge in [0.05, 0.1) is 0 Å². The summed E-state index contributed by atoms with van der Waals surface area (Å²) in [5.41, 5.74) is 3.16. The molecule has 1 aliphatic heterocycles. The van der Waals surface area contributed by atoms with E-state index in [1.807, 2.05) is 11.3 Å². The first-order valence-corrected chi connectivity index (χ1v) is 7.12. The molecule has 90 valence electrons. The van der Waals surface area contributed by atoms with Gasteiger partial charge in [-0.15, -0.1) is 11.3 Å². The molecule has 3 heteroatoms. The van der Waals surface area contributed by atoms with E-state index in [1.54, 1.807) is 10.4 Å². The van der Waals surface area contributed by atoms with Crippen LogP contribution in [0.5, 0.6) is 0 Å². The number of rotatable bonds is 4. The minimum atomic E-state index is 0.575. The zero-order chi connectivity index (χ0) is 11.5. The van der Waals surface area contributed by atoms with Crippen molar-refractivity contribution in [2.45, 2.75) is 46.3 Å². The highest BCUT2D eigenvalue weighted by Crippen LogP contribution is 2.28. The van der Waals surface area contributed by atoms with Crippen molar-refractivity contribution in [2.75, 3.05) is 13.1 Å². The number of hydrogen-bond acceptors (Lipinski definition) is 3. The molecule has 2 heterocycles. The molecule has 0 bridgehead atoms. The highest BCUT2D eigenvalue weighted by atomic mass is 32.1. The largest absolute Gasteiger partial charge is 0.310 e. The van der Waals surface area contributed by atoms with Gasteiger partial charge in [0.2, 0.25) is 0 Å². The fourth-order valence-corrected chi connectivity index (χ4v) is 3.32. The van der Waals surface area contributed by atoms with Crippen LogP contribution in [0.25, 0.3) is 0 Å². The van der Waals surface area contributed by atoms with Crippen molar-refractivity contribution < 1.29 is 0 Å². The zero-order valence-corrected chi connectivity index (χ0v) is 11.4. The van der Waals surface area contributed by atoms with Gasteiger partial charge >= 0.3 is 0 Å². The van der Waals surface area contributed by atoms with E-state index in [0.717, 1.165) is 13.1 Å². The van der Waals surface area contributed by atoms with E-state index in [1.165, 1.54) is 25.1 Å². The summed E-state index contributed by atoms with van der Waals surface area (Å²) in [6, 6.07) is 0.575. The predicted molar refractivity (Wildman–Crippen MR) is 70.9 cm³/mol. The number of fused-ring (bicyclic) bond motifs is 1. The predicted octanol–water partition coefficient (Wildman–Crippen LogP) is 2.62. The molecular weight excluding hydrogens is 216 g/mol. The van der Waals surface area contributed by atoms with E-state index in [4.69, 9.17) is 0 Å². The van der Waals surface area contributed by atoms with Crippen LogP contribution in [0, 0.1) is 0 Å². The summed E-state index contributed by atoms with van der Waals surface area (Å²) in [5, 5.41) is 5.86.